The molecule has 0 aromatic heterocycles. The second kappa shape index (κ2) is 5.75. The van der Waals surface area contributed by atoms with Gasteiger partial charge in [-0.1, -0.05) is 0 Å². The Labute approximate surface area is 128 Å². The number of ether oxygens (including phenoxy) is 1. The molecular formula is C16H10F3NO3. The maximum atomic E-state index is 13.5. The van der Waals surface area contributed by atoms with E-state index in [1.807, 2.05) is 0 Å². The number of rotatable bonds is 2. The van der Waals surface area contributed by atoms with Gasteiger partial charge in [0.25, 0.3) is 0 Å². The van der Waals surface area contributed by atoms with Crippen LogP contribution in [0.5, 0.6) is 5.75 Å². The number of carbonyl (C=O) groups excluding carboxylic acids is 2. The smallest absolute Gasteiger partial charge is 0.346 e. The van der Waals surface area contributed by atoms with Crippen molar-refractivity contribution in [3.63, 3.8) is 0 Å². The van der Waals surface area contributed by atoms with Gasteiger partial charge < -0.3 is 10.1 Å². The molecule has 1 N–H and O–H groups in total. The van der Waals surface area contributed by atoms with Crippen LogP contribution in [0.4, 0.5) is 18.9 Å². The van der Waals surface area contributed by atoms with Gasteiger partial charge in [-0.15, -0.1) is 0 Å². The fourth-order valence-electron chi connectivity index (χ4n) is 2.26. The van der Waals surface area contributed by atoms with Gasteiger partial charge in [-0.05, 0) is 36.2 Å². The second-order valence-corrected chi connectivity index (χ2v) is 5.00. The minimum atomic E-state index is -1.39. The minimum absolute atomic E-state index is 0.105. The van der Waals surface area contributed by atoms with Crippen LogP contribution in [0, 0.1) is 17.5 Å². The van der Waals surface area contributed by atoms with E-state index in [4.69, 9.17) is 4.74 Å². The fraction of sp³-hybridized carbons (Fsp3) is 0.125. The molecule has 1 aliphatic heterocycles. The first-order valence-corrected chi connectivity index (χ1v) is 6.73. The highest BCUT2D eigenvalue weighted by Gasteiger charge is 2.20. The van der Waals surface area contributed by atoms with Crippen molar-refractivity contribution in [1.82, 2.24) is 0 Å². The molecule has 118 valence electrons. The highest BCUT2D eigenvalue weighted by Crippen LogP contribution is 2.27. The lowest BCUT2D eigenvalue weighted by Gasteiger charge is -2.17. The van der Waals surface area contributed by atoms with Crippen molar-refractivity contribution in [3.8, 4) is 5.75 Å². The average molecular weight is 321 g/mol. The molecule has 1 amide bonds. The van der Waals surface area contributed by atoms with Crippen LogP contribution in [-0.4, -0.2) is 11.9 Å². The Balaban J connectivity index is 1.84. The molecule has 4 nitrogen and oxygen atoms in total. The summed E-state index contributed by atoms with van der Waals surface area (Å²) < 4.78 is 44.5. The zero-order valence-corrected chi connectivity index (χ0v) is 11.7. The van der Waals surface area contributed by atoms with Crippen molar-refractivity contribution in [1.29, 1.82) is 0 Å². The van der Waals surface area contributed by atoms with E-state index in [9.17, 15) is 22.8 Å². The third kappa shape index (κ3) is 3.03. The lowest BCUT2D eigenvalue weighted by atomic mass is 10.0. The molecule has 3 rings (SSSR count). The van der Waals surface area contributed by atoms with Crippen molar-refractivity contribution in [2.24, 2.45) is 0 Å². The highest BCUT2D eigenvalue weighted by molar-refractivity contribution is 5.94. The Hall–Kier alpha value is -2.83. The average Bonchev–Trinajstić information content (AvgIpc) is 2.51. The van der Waals surface area contributed by atoms with Gasteiger partial charge in [0, 0.05) is 18.2 Å². The molecule has 0 aliphatic carbocycles. The van der Waals surface area contributed by atoms with Crippen LogP contribution in [0.3, 0.4) is 0 Å². The SMILES string of the molecule is O=C1CCc2cc(OC(=O)c3cc(F)c(F)cc3F)ccc2N1. The largest absolute Gasteiger partial charge is 0.423 e. The molecule has 1 aliphatic rings. The third-order valence-corrected chi connectivity index (χ3v) is 3.41. The van der Waals surface area contributed by atoms with Crippen molar-refractivity contribution < 1.29 is 27.5 Å². The maximum Gasteiger partial charge on any atom is 0.346 e. The lowest BCUT2D eigenvalue weighted by molar-refractivity contribution is -0.116. The standard InChI is InChI=1S/C16H10F3NO3/c17-11-7-13(19)12(18)6-10(11)16(22)23-9-2-3-14-8(5-9)1-4-15(21)20-14/h2-3,5-7H,1,4H2,(H,20,21). The third-order valence-electron chi connectivity index (χ3n) is 3.41. The molecule has 0 fully saturated rings. The minimum Gasteiger partial charge on any atom is -0.423 e. The van der Waals surface area contributed by atoms with Crippen LogP contribution in [-0.2, 0) is 11.2 Å². The van der Waals surface area contributed by atoms with Crippen LogP contribution in [0.15, 0.2) is 30.3 Å². The number of anilines is 1. The first-order chi connectivity index (χ1) is 10.9. The van der Waals surface area contributed by atoms with Gasteiger partial charge in [-0.25, -0.2) is 18.0 Å². The Morgan fingerprint density at radius 3 is 2.52 bits per heavy atom. The lowest BCUT2D eigenvalue weighted by Crippen LogP contribution is -2.19. The molecule has 23 heavy (non-hydrogen) atoms. The summed E-state index contributed by atoms with van der Waals surface area (Å²) in [5.41, 5.74) is 0.677. The Morgan fingerprint density at radius 1 is 1.00 bits per heavy atom. The van der Waals surface area contributed by atoms with E-state index in [0.717, 1.165) is 5.56 Å². The molecule has 0 atom stereocenters. The summed E-state index contributed by atoms with van der Waals surface area (Å²) >= 11 is 0. The molecule has 0 radical (unpaired) electrons. The highest BCUT2D eigenvalue weighted by atomic mass is 19.2. The van der Waals surface area contributed by atoms with E-state index >= 15 is 0 Å². The van der Waals surface area contributed by atoms with Gasteiger partial charge in [0.1, 0.15) is 11.6 Å². The summed E-state index contributed by atoms with van der Waals surface area (Å²) in [6, 6.07) is 5.24. The van der Waals surface area contributed by atoms with Crippen LogP contribution in [0.2, 0.25) is 0 Å². The zero-order valence-electron chi connectivity index (χ0n) is 11.7. The number of carbonyl (C=O) groups is 2. The number of benzene rings is 2. The number of amides is 1. The van der Waals surface area contributed by atoms with Gasteiger partial charge in [0.15, 0.2) is 11.6 Å². The molecule has 0 saturated carbocycles. The number of hydrogen-bond acceptors (Lipinski definition) is 3. The van der Waals surface area contributed by atoms with E-state index in [0.29, 0.717) is 24.6 Å². The summed E-state index contributed by atoms with van der Waals surface area (Å²) in [5.74, 6) is -5.06. The first-order valence-electron chi connectivity index (χ1n) is 6.73. The quantitative estimate of drug-likeness (QED) is 0.525. The molecule has 7 heteroatoms. The predicted molar refractivity (Wildman–Crippen MR) is 74.7 cm³/mol. The van der Waals surface area contributed by atoms with E-state index in [2.05, 4.69) is 5.32 Å². The molecule has 0 unspecified atom stereocenters. The number of hydrogen-bond donors (Lipinski definition) is 1. The van der Waals surface area contributed by atoms with Crippen molar-refractivity contribution in [2.45, 2.75) is 12.8 Å². The molecule has 0 bridgehead atoms. The van der Waals surface area contributed by atoms with Gasteiger partial charge in [-0.3, -0.25) is 4.79 Å². The number of halogens is 3. The van der Waals surface area contributed by atoms with Crippen LogP contribution in [0.1, 0.15) is 22.3 Å². The molecule has 1 heterocycles. The van der Waals surface area contributed by atoms with Crippen LogP contribution >= 0.6 is 0 Å². The van der Waals surface area contributed by atoms with E-state index in [1.165, 1.54) is 12.1 Å². The molecule has 0 spiro atoms. The molecule has 0 saturated heterocycles. The van der Waals surface area contributed by atoms with Gasteiger partial charge in [-0.2, -0.15) is 0 Å². The van der Waals surface area contributed by atoms with Crippen LogP contribution in [0.25, 0.3) is 0 Å². The van der Waals surface area contributed by atoms with Crippen molar-refractivity contribution >= 4 is 17.6 Å². The summed E-state index contributed by atoms with van der Waals surface area (Å²) in [4.78, 5) is 23.2. The summed E-state index contributed by atoms with van der Waals surface area (Å²) in [7, 11) is 0. The summed E-state index contributed by atoms with van der Waals surface area (Å²) in [5, 5.41) is 2.66. The number of fused-ring (bicyclic) bond motifs is 1. The normalized spacial score (nSPS) is 13.3. The van der Waals surface area contributed by atoms with Gasteiger partial charge >= 0.3 is 5.97 Å². The predicted octanol–water partition coefficient (Wildman–Crippen LogP) is 3.21. The van der Waals surface area contributed by atoms with Crippen molar-refractivity contribution in [2.75, 3.05) is 5.32 Å². The van der Waals surface area contributed by atoms with Gasteiger partial charge in [0.05, 0.1) is 5.56 Å². The fourth-order valence-corrected chi connectivity index (χ4v) is 2.26. The van der Waals surface area contributed by atoms with E-state index < -0.39 is 29.0 Å². The number of aryl methyl sites for hydroxylation is 1. The van der Waals surface area contributed by atoms with E-state index in [1.54, 1.807) is 6.07 Å². The summed E-state index contributed by atoms with van der Waals surface area (Å²) in [6.45, 7) is 0. The number of nitrogens with one attached hydrogen (secondary N) is 1. The van der Waals surface area contributed by atoms with Crippen LogP contribution < -0.4 is 10.1 Å². The number of esters is 1. The molecule has 2 aromatic carbocycles. The Bertz CT molecular complexity index is 820. The van der Waals surface area contributed by atoms with E-state index in [-0.39, 0.29) is 17.7 Å². The summed E-state index contributed by atoms with van der Waals surface area (Å²) in [6.07, 6.45) is 0.786. The Kier molecular flexibility index (Phi) is 3.77. The molecule has 2 aromatic rings. The second-order valence-electron chi connectivity index (χ2n) is 5.00. The van der Waals surface area contributed by atoms with Crippen molar-refractivity contribution in [3.05, 3.63) is 58.9 Å². The zero-order chi connectivity index (χ0) is 16.6. The first kappa shape index (κ1) is 15.1. The maximum absolute atomic E-state index is 13.5. The Morgan fingerprint density at radius 2 is 1.74 bits per heavy atom. The van der Waals surface area contributed by atoms with Gasteiger partial charge in [0.2, 0.25) is 5.91 Å². The topological polar surface area (TPSA) is 55.4 Å². The monoisotopic (exact) mass is 321 g/mol. The molecular weight excluding hydrogens is 311 g/mol.